The topological polar surface area (TPSA) is 71.0 Å². The Hall–Kier alpha value is -3.01. The second kappa shape index (κ2) is 7.24. The summed E-state index contributed by atoms with van der Waals surface area (Å²) in [5.41, 5.74) is 1.32. The van der Waals surface area contributed by atoms with Gasteiger partial charge in [-0.3, -0.25) is 9.78 Å². The van der Waals surface area contributed by atoms with E-state index in [-0.39, 0.29) is 24.0 Å². The summed E-state index contributed by atoms with van der Waals surface area (Å²) in [5.74, 6) is 1.18. The van der Waals surface area contributed by atoms with Gasteiger partial charge in [-0.1, -0.05) is 0 Å². The predicted octanol–water partition coefficient (Wildman–Crippen LogP) is 4.64. The quantitative estimate of drug-likeness (QED) is 0.600. The number of fused-ring (bicyclic) bond motifs is 1. The Bertz CT molecular complexity index is 1210. The van der Waals surface area contributed by atoms with Crippen LogP contribution in [-0.4, -0.2) is 43.9 Å². The van der Waals surface area contributed by atoms with Gasteiger partial charge >= 0.3 is 6.18 Å². The maximum absolute atomic E-state index is 13.7. The zero-order valence-corrected chi connectivity index (χ0v) is 18.4. The zero-order valence-electron chi connectivity index (χ0n) is 17.6. The standard InChI is InChI=1S/C23H20F3N5OS/c1-11-6-15(21-27-4-5-33-21)19(29-9-11)22(32)31-17-8-14-13(20(14)31)7-16(17)30-18-3-2-12(10-28-18)23(24,25)26/h2-6,9-10,13-14,16-17,20H,7-8H2,1H3,(H,28,30). The van der Waals surface area contributed by atoms with Crippen molar-refractivity contribution in [2.24, 2.45) is 11.8 Å². The molecule has 2 saturated heterocycles. The lowest BCUT2D eigenvalue weighted by Crippen LogP contribution is -2.53. The first-order valence-electron chi connectivity index (χ1n) is 10.8. The van der Waals surface area contributed by atoms with Crippen LogP contribution in [0.3, 0.4) is 0 Å². The molecule has 1 amide bonds. The molecule has 3 aromatic rings. The Morgan fingerprint density at radius 2 is 1.97 bits per heavy atom. The van der Waals surface area contributed by atoms with Crippen LogP contribution in [0.1, 0.15) is 34.5 Å². The number of hydrogen-bond acceptors (Lipinski definition) is 6. The number of anilines is 1. The Morgan fingerprint density at radius 1 is 1.15 bits per heavy atom. The van der Waals surface area contributed by atoms with Crippen molar-refractivity contribution in [1.29, 1.82) is 0 Å². The van der Waals surface area contributed by atoms with E-state index in [0.29, 0.717) is 23.3 Å². The van der Waals surface area contributed by atoms with Crippen molar-refractivity contribution < 1.29 is 18.0 Å². The molecule has 0 spiro atoms. The number of halogens is 3. The molecule has 170 valence electrons. The van der Waals surface area contributed by atoms with Gasteiger partial charge < -0.3 is 10.2 Å². The van der Waals surface area contributed by atoms with E-state index in [1.807, 2.05) is 23.3 Å². The van der Waals surface area contributed by atoms with Crippen molar-refractivity contribution in [2.45, 2.75) is 44.1 Å². The van der Waals surface area contributed by atoms with Crippen LogP contribution >= 0.6 is 11.3 Å². The van der Waals surface area contributed by atoms with Gasteiger partial charge in [0.1, 0.15) is 16.5 Å². The van der Waals surface area contributed by atoms with Gasteiger partial charge in [0.05, 0.1) is 11.6 Å². The number of rotatable bonds is 4. The normalized spacial score (nSPS) is 27.5. The third kappa shape index (κ3) is 3.38. The smallest absolute Gasteiger partial charge is 0.365 e. The number of carbonyl (C=O) groups is 1. The van der Waals surface area contributed by atoms with Crippen LogP contribution in [0.15, 0.2) is 42.2 Å². The van der Waals surface area contributed by atoms with Crippen molar-refractivity contribution in [2.75, 3.05) is 5.32 Å². The fraction of sp³-hybridized carbons (Fsp3) is 0.391. The summed E-state index contributed by atoms with van der Waals surface area (Å²) in [7, 11) is 0. The van der Waals surface area contributed by atoms with Crippen LogP contribution < -0.4 is 5.32 Å². The van der Waals surface area contributed by atoms with Gasteiger partial charge in [0.2, 0.25) is 0 Å². The SMILES string of the molecule is Cc1cnc(C(=O)N2C3CC4C(CC3Nc3ccc(C(F)(F)F)cn3)C42)c(-c2nccs2)c1. The molecule has 5 heterocycles. The first-order valence-corrected chi connectivity index (χ1v) is 11.7. The number of carbonyl (C=O) groups excluding carboxylic acids is 1. The molecule has 33 heavy (non-hydrogen) atoms. The summed E-state index contributed by atoms with van der Waals surface area (Å²) < 4.78 is 38.5. The minimum Gasteiger partial charge on any atom is -0.365 e. The summed E-state index contributed by atoms with van der Waals surface area (Å²) in [6, 6.07) is 4.43. The molecule has 10 heteroatoms. The largest absolute Gasteiger partial charge is 0.417 e. The van der Waals surface area contributed by atoms with Gasteiger partial charge in [0.25, 0.3) is 5.91 Å². The third-order valence-electron chi connectivity index (χ3n) is 7.02. The molecule has 6 nitrogen and oxygen atoms in total. The van der Waals surface area contributed by atoms with Crippen molar-refractivity contribution in [3.05, 3.63) is 59.0 Å². The Morgan fingerprint density at radius 3 is 2.64 bits per heavy atom. The van der Waals surface area contributed by atoms with Crippen molar-refractivity contribution in [1.82, 2.24) is 19.9 Å². The lowest BCUT2D eigenvalue weighted by molar-refractivity contribution is -0.137. The molecule has 4 fully saturated rings. The second-order valence-electron chi connectivity index (χ2n) is 9.00. The average molecular weight is 472 g/mol. The molecule has 0 aromatic carbocycles. The number of alkyl halides is 3. The number of thiazole rings is 1. The van der Waals surface area contributed by atoms with Gasteiger partial charge in [-0.25, -0.2) is 9.97 Å². The summed E-state index contributed by atoms with van der Waals surface area (Å²) in [4.78, 5) is 28.5. The molecular formula is C23H20F3N5OS. The number of pyridine rings is 2. The first kappa shape index (κ1) is 20.6. The van der Waals surface area contributed by atoms with Crippen LogP contribution in [0.25, 0.3) is 10.6 Å². The number of nitrogens with zero attached hydrogens (tertiary/aromatic N) is 4. The molecule has 4 bridgehead atoms. The van der Waals surface area contributed by atoms with Gasteiger partial charge in [-0.2, -0.15) is 13.2 Å². The summed E-state index contributed by atoms with van der Waals surface area (Å²) in [6.07, 6.45) is 1.60. The van der Waals surface area contributed by atoms with Gasteiger partial charge in [-0.05, 0) is 55.4 Å². The van der Waals surface area contributed by atoms with Crippen LogP contribution in [0.2, 0.25) is 0 Å². The van der Waals surface area contributed by atoms with Crippen molar-refractivity contribution in [3.8, 4) is 10.6 Å². The van der Waals surface area contributed by atoms with Crippen LogP contribution in [0.4, 0.5) is 19.0 Å². The highest BCUT2D eigenvalue weighted by Gasteiger charge is 2.68. The molecule has 2 aliphatic heterocycles. The molecule has 7 rings (SSSR count). The van der Waals surface area contributed by atoms with Crippen molar-refractivity contribution >= 4 is 23.1 Å². The van der Waals surface area contributed by atoms with E-state index < -0.39 is 11.7 Å². The first-order chi connectivity index (χ1) is 15.8. The van der Waals surface area contributed by atoms with E-state index >= 15 is 0 Å². The van der Waals surface area contributed by atoms with Gasteiger partial charge in [-0.15, -0.1) is 11.3 Å². The molecular weight excluding hydrogens is 451 g/mol. The Balaban J connectivity index is 1.26. The van der Waals surface area contributed by atoms with E-state index in [1.165, 1.54) is 17.4 Å². The summed E-state index contributed by atoms with van der Waals surface area (Å²) in [5, 5.41) is 5.92. The summed E-state index contributed by atoms with van der Waals surface area (Å²) in [6.45, 7) is 1.93. The minimum atomic E-state index is -4.42. The minimum absolute atomic E-state index is 0.0474. The lowest BCUT2D eigenvalue weighted by Gasteiger charge is -2.40. The van der Waals surface area contributed by atoms with Crippen molar-refractivity contribution in [3.63, 3.8) is 0 Å². The molecule has 5 atom stereocenters. The average Bonchev–Trinajstić information content (AvgIpc) is 3.15. The lowest BCUT2D eigenvalue weighted by atomic mass is 9.88. The van der Waals surface area contributed by atoms with E-state index in [4.69, 9.17) is 0 Å². The van der Waals surface area contributed by atoms with Gasteiger partial charge in [0, 0.05) is 41.6 Å². The summed E-state index contributed by atoms with van der Waals surface area (Å²) >= 11 is 1.47. The monoisotopic (exact) mass is 471 g/mol. The molecule has 4 aliphatic rings. The fourth-order valence-corrected chi connectivity index (χ4v) is 6.20. The zero-order chi connectivity index (χ0) is 22.9. The fourth-order valence-electron chi connectivity index (χ4n) is 5.55. The number of piperidine rings is 2. The molecule has 2 saturated carbocycles. The molecule has 2 aliphatic carbocycles. The Kier molecular flexibility index (Phi) is 4.52. The molecule has 5 unspecified atom stereocenters. The van der Waals surface area contributed by atoms with Gasteiger partial charge in [0.15, 0.2) is 0 Å². The number of nitrogens with one attached hydrogen (secondary N) is 1. The molecule has 1 N–H and O–H groups in total. The van der Waals surface area contributed by atoms with Crippen LogP contribution in [0, 0.1) is 18.8 Å². The molecule has 3 aromatic heterocycles. The van der Waals surface area contributed by atoms with E-state index in [0.717, 1.165) is 41.2 Å². The van der Waals surface area contributed by atoms with E-state index in [1.54, 1.807) is 12.4 Å². The van der Waals surface area contributed by atoms with Crippen LogP contribution in [-0.2, 0) is 6.18 Å². The third-order valence-corrected chi connectivity index (χ3v) is 7.82. The number of amides is 1. The van der Waals surface area contributed by atoms with Crippen LogP contribution in [0.5, 0.6) is 0 Å². The van der Waals surface area contributed by atoms with E-state index in [9.17, 15) is 18.0 Å². The number of aryl methyl sites for hydroxylation is 1. The maximum atomic E-state index is 13.7. The number of aromatic nitrogens is 3. The highest BCUT2D eigenvalue weighted by atomic mass is 32.1. The van der Waals surface area contributed by atoms with E-state index in [2.05, 4.69) is 20.3 Å². The Labute approximate surface area is 191 Å². The highest BCUT2D eigenvalue weighted by Crippen LogP contribution is 2.61. The molecule has 0 radical (unpaired) electrons. The maximum Gasteiger partial charge on any atom is 0.417 e. The second-order valence-corrected chi connectivity index (χ2v) is 9.89. The number of hydrogen-bond donors (Lipinski definition) is 1. The predicted molar refractivity (Wildman–Crippen MR) is 117 cm³/mol. The highest BCUT2D eigenvalue weighted by molar-refractivity contribution is 7.13.